The molecular weight excluding hydrogens is 218 g/mol. The number of rotatable bonds is 4. The molecule has 84 valence electrons. The largest absolute Gasteiger partial charge is 0.365 e. The summed E-state index contributed by atoms with van der Waals surface area (Å²) in [5.41, 5.74) is 2.41. The Balaban J connectivity index is 2.02. The lowest BCUT2D eigenvalue weighted by Gasteiger charge is -2.05. The van der Waals surface area contributed by atoms with E-state index in [4.69, 9.17) is 0 Å². The Morgan fingerprint density at radius 2 is 2.25 bits per heavy atom. The van der Waals surface area contributed by atoms with Gasteiger partial charge in [0, 0.05) is 16.6 Å². The van der Waals surface area contributed by atoms with Crippen LogP contribution in [-0.4, -0.2) is 9.97 Å². The van der Waals surface area contributed by atoms with Crippen LogP contribution in [-0.2, 0) is 13.0 Å². The summed E-state index contributed by atoms with van der Waals surface area (Å²) in [5, 5.41) is 5.46. The van der Waals surface area contributed by atoms with Crippen LogP contribution < -0.4 is 5.32 Å². The van der Waals surface area contributed by atoms with Gasteiger partial charge in [-0.05, 0) is 30.4 Å². The molecule has 4 heteroatoms. The fourth-order valence-electron chi connectivity index (χ4n) is 1.56. The minimum Gasteiger partial charge on any atom is -0.365 e. The van der Waals surface area contributed by atoms with E-state index in [1.807, 2.05) is 13.0 Å². The molecule has 0 aliphatic carbocycles. The molecule has 2 rings (SSSR count). The van der Waals surface area contributed by atoms with Gasteiger partial charge in [-0.25, -0.2) is 9.97 Å². The Hall–Kier alpha value is -1.42. The highest BCUT2D eigenvalue weighted by atomic mass is 32.1. The molecule has 2 aromatic rings. The fourth-order valence-corrected chi connectivity index (χ4v) is 2.48. The highest BCUT2D eigenvalue weighted by Crippen LogP contribution is 2.18. The Morgan fingerprint density at radius 3 is 3.00 bits per heavy atom. The molecule has 0 unspecified atom stereocenters. The Labute approximate surface area is 99.6 Å². The van der Waals surface area contributed by atoms with E-state index in [1.54, 1.807) is 17.7 Å². The average molecular weight is 233 g/mol. The van der Waals surface area contributed by atoms with Gasteiger partial charge in [-0.3, -0.25) is 0 Å². The van der Waals surface area contributed by atoms with Gasteiger partial charge in [0.2, 0.25) is 0 Å². The summed E-state index contributed by atoms with van der Waals surface area (Å²) in [6.45, 7) is 4.99. The number of aromatic nitrogens is 2. The molecule has 0 aromatic carbocycles. The van der Waals surface area contributed by atoms with E-state index < -0.39 is 0 Å². The van der Waals surface area contributed by atoms with Gasteiger partial charge >= 0.3 is 0 Å². The van der Waals surface area contributed by atoms with E-state index in [-0.39, 0.29) is 0 Å². The van der Waals surface area contributed by atoms with Gasteiger partial charge in [-0.2, -0.15) is 0 Å². The van der Waals surface area contributed by atoms with Crippen molar-refractivity contribution in [3.8, 4) is 0 Å². The number of nitrogens with zero attached hydrogens (tertiary/aromatic N) is 2. The SMILES string of the molecule is CCc1ccsc1CNc1cc(C)ncn1. The summed E-state index contributed by atoms with van der Waals surface area (Å²) in [6, 6.07) is 4.14. The summed E-state index contributed by atoms with van der Waals surface area (Å²) in [4.78, 5) is 9.63. The zero-order valence-electron chi connectivity index (χ0n) is 9.53. The standard InChI is InChI=1S/C12H15N3S/c1-3-10-4-5-16-11(10)7-13-12-6-9(2)14-8-15-12/h4-6,8H,3,7H2,1-2H3,(H,13,14,15). The molecule has 2 aromatic heterocycles. The van der Waals surface area contributed by atoms with Gasteiger partial charge in [0.15, 0.2) is 0 Å². The van der Waals surface area contributed by atoms with E-state index in [0.717, 1.165) is 24.5 Å². The van der Waals surface area contributed by atoms with Gasteiger partial charge in [0.25, 0.3) is 0 Å². The maximum absolute atomic E-state index is 4.18. The molecule has 0 atom stereocenters. The summed E-state index contributed by atoms with van der Waals surface area (Å²) in [7, 11) is 0. The van der Waals surface area contributed by atoms with Gasteiger partial charge in [-0.1, -0.05) is 6.92 Å². The summed E-state index contributed by atoms with van der Waals surface area (Å²) >= 11 is 1.79. The first kappa shape index (κ1) is 11.1. The molecule has 0 saturated heterocycles. The zero-order chi connectivity index (χ0) is 11.4. The van der Waals surface area contributed by atoms with Crippen molar-refractivity contribution in [2.45, 2.75) is 26.8 Å². The van der Waals surface area contributed by atoms with Crippen LogP contribution >= 0.6 is 11.3 Å². The van der Waals surface area contributed by atoms with E-state index >= 15 is 0 Å². The zero-order valence-corrected chi connectivity index (χ0v) is 10.3. The number of hydrogen-bond acceptors (Lipinski definition) is 4. The number of hydrogen-bond donors (Lipinski definition) is 1. The molecule has 0 amide bonds. The summed E-state index contributed by atoms with van der Waals surface area (Å²) in [6.07, 6.45) is 2.68. The van der Waals surface area contributed by atoms with Crippen LogP contribution in [0.4, 0.5) is 5.82 Å². The molecule has 0 radical (unpaired) electrons. The molecule has 16 heavy (non-hydrogen) atoms. The number of anilines is 1. The fraction of sp³-hybridized carbons (Fsp3) is 0.333. The monoisotopic (exact) mass is 233 g/mol. The first-order chi connectivity index (χ1) is 7.79. The number of thiophene rings is 1. The molecule has 1 N–H and O–H groups in total. The van der Waals surface area contributed by atoms with Crippen molar-refractivity contribution in [2.75, 3.05) is 5.32 Å². The van der Waals surface area contributed by atoms with Crippen LogP contribution in [0.3, 0.4) is 0 Å². The molecular formula is C12H15N3S. The first-order valence-corrected chi connectivity index (χ1v) is 6.25. The average Bonchev–Trinajstić information content (AvgIpc) is 2.74. The Morgan fingerprint density at radius 1 is 1.38 bits per heavy atom. The van der Waals surface area contributed by atoms with E-state index in [2.05, 4.69) is 33.7 Å². The van der Waals surface area contributed by atoms with Crippen LogP contribution in [0.15, 0.2) is 23.8 Å². The van der Waals surface area contributed by atoms with Gasteiger partial charge in [0.1, 0.15) is 12.1 Å². The minimum atomic E-state index is 0.845. The number of aryl methyl sites for hydroxylation is 2. The summed E-state index contributed by atoms with van der Waals surface area (Å²) in [5.74, 6) is 0.892. The molecule has 0 aliphatic rings. The van der Waals surface area contributed by atoms with Crippen molar-refractivity contribution in [3.05, 3.63) is 40.0 Å². The highest BCUT2D eigenvalue weighted by Gasteiger charge is 2.02. The second kappa shape index (κ2) is 5.07. The second-order valence-corrected chi connectivity index (χ2v) is 4.62. The smallest absolute Gasteiger partial charge is 0.129 e. The summed E-state index contributed by atoms with van der Waals surface area (Å²) < 4.78 is 0. The van der Waals surface area contributed by atoms with Crippen molar-refractivity contribution < 1.29 is 0 Å². The van der Waals surface area contributed by atoms with E-state index in [0.29, 0.717) is 0 Å². The van der Waals surface area contributed by atoms with Crippen molar-refractivity contribution in [2.24, 2.45) is 0 Å². The van der Waals surface area contributed by atoms with Gasteiger partial charge in [-0.15, -0.1) is 11.3 Å². The molecule has 0 bridgehead atoms. The third kappa shape index (κ3) is 2.58. The highest BCUT2D eigenvalue weighted by molar-refractivity contribution is 7.10. The lowest BCUT2D eigenvalue weighted by Crippen LogP contribution is -2.02. The predicted octanol–water partition coefficient (Wildman–Crippen LogP) is 3.02. The predicted molar refractivity (Wildman–Crippen MR) is 67.8 cm³/mol. The Bertz CT molecular complexity index is 465. The van der Waals surface area contributed by atoms with Crippen molar-refractivity contribution in [3.63, 3.8) is 0 Å². The van der Waals surface area contributed by atoms with Gasteiger partial charge < -0.3 is 5.32 Å². The maximum Gasteiger partial charge on any atom is 0.129 e. The van der Waals surface area contributed by atoms with Crippen LogP contribution in [0.5, 0.6) is 0 Å². The Kier molecular flexibility index (Phi) is 3.51. The first-order valence-electron chi connectivity index (χ1n) is 5.37. The van der Waals surface area contributed by atoms with Crippen LogP contribution in [0.25, 0.3) is 0 Å². The maximum atomic E-state index is 4.18. The molecule has 2 heterocycles. The van der Waals surface area contributed by atoms with E-state index in [9.17, 15) is 0 Å². The third-order valence-electron chi connectivity index (χ3n) is 2.45. The molecule has 0 fully saturated rings. The topological polar surface area (TPSA) is 37.8 Å². The normalized spacial score (nSPS) is 10.4. The van der Waals surface area contributed by atoms with Gasteiger partial charge in [0.05, 0.1) is 6.54 Å². The minimum absolute atomic E-state index is 0.845. The third-order valence-corrected chi connectivity index (χ3v) is 3.42. The van der Waals surface area contributed by atoms with Crippen LogP contribution in [0, 0.1) is 6.92 Å². The quantitative estimate of drug-likeness (QED) is 0.882. The lowest BCUT2D eigenvalue weighted by molar-refractivity contribution is 1.04. The molecule has 3 nitrogen and oxygen atoms in total. The molecule has 0 saturated carbocycles. The van der Waals surface area contributed by atoms with Crippen LogP contribution in [0.2, 0.25) is 0 Å². The van der Waals surface area contributed by atoms with Crippen molar-refractivity contribution in [1.82, 2.24) is 9.97 Å². The molecule has 0 aliphatic heterocycles. The molecule has 0 spiro atoms. The second-order valence-electron chi connectivity index (χ2n) is 3.62. The lowest BCUT2D eigenvalue weighted by atomic mass is 10.2. The van der Waals surface area contributed by atoms with Crippen molar-refractivity contribution in [1.29, 1.82) is 0 Å². The van der Waals surface area contributed by atoms with Crippen molar-refractivity contribution >= 4 is 17.2 Å². The van der Waals surface area contributed by atoms with E-state index in [1.165, 1.54) is 10.4 Å². The number of nitrogens with one attached hydrogen (secondary N) is 1. The van der Waals surface area contributed by atoms with Crippen LogP contribution in [0.1, 0.15) is 23.1 Å².